The molecule has 1 aromatic carbocycles. The summed E-state index contributed by atoms with van der Waals surface area (Å²) >= 11 is 0. The van der Waals surface area contributed by atoms with E-state index < -0.39 is 12.0 Å². The number of nitrogens with one attached hydrogen (secondary N) is 2. The lowest BCUT2D eigenvalue weighted by Crippen LogP contribution is -2.49. The highest BCUT2D eigenvalue weighted by Gasteiger charge is 2.27. The third-order valence-electron chi connectivity index (χ3n) is 3.27. The molecule has 1 saturated heterocycles. The van der Waals surface area contributed by atoms with Crippen molar-refractivity contribution in [3.63, 3.8) is 0 Å². The molecule has 1 heterocycles. The molecular formula is C14H18N2O3. The molecule has 5 heteroatoms. The van der Waals surface area contributed by atoms with Gasteiger partial charge in [0.05, 0.1) is 6.04 Å². The molecule has 0 spiro atoms. The topological polar surface area (TPSA) is 78.4 Å². The summed E-state index contributed by atoms with van der Waals surface area (Å²) in [6.45, 7) is 0.814. The third-order valence-corrected chi connectivity index (χ3v) is 3.27. The maximum absolute atomic E-state index is 11.9. The first kappa shape index (κ1) is 13.5. The second-order valence-corrected chi connectivity index (χ2v) is 4.74. The monoisotopic (exact) mass is 262 g/mol. The largest absolute Gasteiger partial charge is 0.480 e. The zero-order valence-electron chi connectivity index (χ0n) is 10.6. The van der Waals surface area contributed by atoms with Crippen molar-refractivity contribution in [2.45, 2.75) is 31.3 Å². The number of rotatable bonds is 5. The number of hydrogen-bond acceptors (Lipinski definition) is 3. The number of carboxylic acids is 1. The Morgan fingerprint density at radius 3 is 2.68 bits per heavy atom. The molecule has 1 amide bonds. The Kier molecular flexibility index (Phi) is 4.52. The van der Waals surface area contributed by atoms with Gasteiger partial charge in [0.25, 0.3) is 0 Å². The molecule has 2 atom stereocenters. The summed E-state index contributed by atoms with van der Waals surface area (Å²) in [5.41, 5.74) is 0.898. The van der Waals surface area contributed by atoms with Crippen molar-refractivity contribution in [1.82, 2.24) is 10.6 Å². The van der Waals surface area contributed by atoms with E-state index in [0.29, 0.717) is 6.42 Å². The molecule has 2 rings (SSSR count). The van der Waals surface area contributed by atoms with Crippen LogP contribution in [-0.4, -0.2) is 35.6 Å². The van der Waals surface area contributed by atoms with Crippen LogP contribution in [0.4, 0.5) is 0 Å². The van der Waals surface area contributed by atoms with Crippen LogP contribution in [0.2, 0.25) is 0 Å². The van der Waals surface area contributed by atoms with Crippen molar-refractivity contribution in [1.29, 1.82) is 0 Å². The van der Waals surface area contributed by atoms with Gasteiger partial charge in [-0.15, -0.1) is 0 Å². The van der Waals surface area contributed by atoms with Crippen molar-refractivity contribution in [3.05, 3.63) is 35.9 Å². The normalized spacial score (nSPS) is 19.9. The van der Waals surface area contributed by atoms with Gasteiger partial charge in [-0.25, -0.2) is 4.79 Å². The highest BCUT2D eigenvalue weighted by Crippen LogP contribution is 2.07. The Morgan fingerprint density at radius 2 is 2.11 bits per heavy atom. The highest BCUT2D eigenvalue weighted by molar-refractivity contribution is 5.87. The Labute approximate surface area is 112 Å². The van der Waals surface area contributed by atoms with Crippen molar-refractivity contribution in [2.24, 2.45) is 0 Å². The molecule has 5 nitrogen and oxygen atoms in total. The lowest BCUT2D eigenvalue weighted by molar-refractivity contribution is -0.142. The fraction of sp³-hybridized carbons (Fsp3) is 0.429. The van der Waals surface area contributed by atoms with E-state index in [1.807, 2.05) is 30.3 Å². The smallest absolute Gasteiger partial charge is 0.326 e. The first-order chi connectivity index (χ1) is 9.16. The van der Waals surface area contributed by atoms with Gasteiger partial charge in [-0.05, 0) is 24.9 Å². The maximum atomic E-state index is 11.9. The summed E-state index contributed by atoms with van der Waals surface area (Å²) in [5, 5.41) is 14.9. The minimum atomic E-state index is -1.00. The molecule has 0 bridgehead atoms. The minimum absolute atomic E-state index is 0.221. The Bertz CT molecular complexity index is 441. The standard InChI is InChI=1S/C14H18N2O3/c17-13(11-7-4-8-15-11)16-12(14(18)19)9-10-5-2-1-3-6-10/h1-3,5-6,11-12,15H,4,7-9H2,(H,16,17)(H,18,19)/t11-,12+/m1/s1. The van der Waals surface area contributed by atoms with Crippen LogP contribution in [0, 0.1) is 0 Å². The Hall–Kier alpha value is -1.88. The van der Waals surface area contributed by atoms with Crippen LogP contribution in [0.25, 0.3) is 0 Å². The van der Waals surface area contributed by atoms with Crippen LogP contribution in [0.3, 0.4) is 0 Å². The van der Waals surface area contributed by atoms with Crippen molar-refractivity contribution in [3.8, 4) is 0 Å². The quantitative estimate of drug-likeness (QED) is 0.724. The number of benzene rings is 1. The molecule has 0 aromatic heterocycles. The zero-order valence-corrected chi connectivity index (χ0v) is 10.6. The van der Waals surface area contributed by atoms with E-state index >= 15 is 0 Å². The number of hydrogen-bond donors (Lipinski definition) is 3. The fourth-order valence-electron chi connectivity index (χ4n) is 2.23. The van der Waals surface area contributed by atoms with Gasteiger partial charge in [0.15, 0.2) is 0 Å². The molecule has 0 radical (unpaired) electrons. The molecule has 3 N–H and O–H groups in total. The van der Waals surface area contributed by atoms with Gasteiger partial charge < -0.3 is 15.7 Å². The fourth-order valence-corrected chi connectivity index (χ4v) is 2.23. The summed E-state index contributed by atoms with van der Waals surface area (Å²) in [7, 11) is 0. The SMILES string of the molecule is O=C(O)[C@H](Cc1ccccc1)NC(=O)[C@H]1CCCN1. The molecule has 102 valence electrons. The maximum Gasteiger partial charge on any atom is 0.326 e. The lowest BCUT2D eigenvalue weighted by atomic mass is 10.1. The van der Waals surface area contributed by atoms with Gasteiger partial charge in [-0.2, -0.15) is 0 Å². The molecule has 0 unspecified atom stereocenters. The summed E-state index contributed by atoms with van der Waals surface area (Å²) in [6, 6.07) is 8.17. The van der Waals surface area contributed by atoms with E-state index in [4.69, 9.17) is 0 Å². The van der Waals surface area contributed by atoms with Gasteiger partial charge in [0.1, 0.15) is 6.04 Å². The van der Waals surface area contributed by atoms with Gasteiger partial charge in [0, 0.05) is 6.42 Å². The number of carbonyl (C=O) groups excluding carboxylic acids is 1. The second kappa shape index (κ2) is 6.33. The van der Waals surface area contributed by atoms with Crippen LogP contribution in [-0.2, 0) is 16.0 Å². The molecule has 0 aliphatic carbocycles. The van der Waals surface area contributed by atoms with Gasteiger partial charge in [-0.1, -0.05) is 30.3 Å². The summed E-state index contributed by atoms with van der Waals surface area (Å²) in [4.78, 5) is 23.1. The predicted octanol–water partition coefficient (Wildman–Crippen LogP) is 0.550. The van der Waals surface area contributed by atoms with E-state index in [0.717, 1.165) is 24.9 Å². The van der Waals surface area contributed by atoms with Gasteiger partial charge in [-0.3, -0.25) is 4.79 Å². The summed E-state index contributed by atoms with van der Waals surface area (Å²) < 4.78 is 0. The third kappa shape index (κ3) is 3.79. The zero-order chi connectivity index (χ0) is 13.7. The minimum Gasteiger partial charge on any atom is -0.480 e. The first-order valence-electron chi connectivity index (χ1n) is 6.47. The number of carboxylic acid groups (broad SMARTS) is 1. The lowest BCUT2D eigenvalue weighted by Gasteiger charge is -2.17. The number of carbonyl (C=O) groups is 2. The summed E-state index contributed by atoms with van der Waals surface area (Å²) in [5.74, 6) is -1.23. The molecule has 0 saturated carbocycles. The van der Waals surface area contributed by atoms with Crippen molar-refractivity contribution < 1.29 is 14.7 Å². The van der Waals surface area contributed by atoms with Crippen LogP contribution in [0.15, 0.2) is 30.3 Å². The van der Waals surface area contributed by atoms with Gasteiger partial charge in [0.2, 0.25) is 5.91 Å². The molecule has 1 aromatic rings. The molecule has 1 fully saturated rings. The van der Waals surface area contributed by atoms with E-state index in [9.17, 15) is 14.7 Å². The molecular weight excluding hydrogens is 244 g/mol. The second-order valence-electron chi connectivity index (χ2n) is 4.74. The molecule has 1 aliphatic rings. The highest BCUT2D eigenvalue weighted by atomic mass is 16.4. The average Bonchev–Trinajstić information content (AvgIpc) is 2.93. The van der Waals surface area contributed by atoms with Gasteiger partial charge >= 0.3 is 5.97 Å². The van der Waals surface area contributed by atoms with E-state index in [2.05, 4.69) is 10.6 Å². The van der Waals surface area contributed by atoms with Crippen molar-refractivity contribution >= 4 is 11.9 Å². The van der Waals surface area contributed by atoms with Crippen LogP contribution in [0.5, 0.6) is 0 Å². The van der Waals surface area contributed by atoms with E-state index in [-0.39, 0.29) is 11.9 Å². The van der Waals surface area contributed by atoms with Crippen LogP contribution >= 0.6 is 0 Å². The Morgan fingerprint density at radius 1 is 1.37 bits per heavy atom. The van der Waals surface area contributed by atoms with E-state index in [1.54, 1.807) is 0 Å². The molecule has 19 heavy (non-hydrogen) atoms. The first-order valence-corrected chi connectivity index (χ1v) is 6.47. The molecule has 1 aliphatic heterocycles. The van der Waals surface area contributed by atoms with Crippen molar-refractivity contribution in [2.75, 3.05) is 6.54 Å². The number of aliphatic carboxylic acids is 1. The summed E-state index contributed by atoms with van der Waals surface area (Å²) in [6.07, 6.45) is 2.02. The Balaban J connectivity index is 1.96. The van der Waals surface area contributed by atoms with Crippen LogP contribution < -0.4 is 10.6 Å². The predicted molar refractivity (Wildman–Crippen MR) is 70.7 cm³/mol. The average molecular weight is 262 g/mol. The van der Waals surface area contributed by atoms with E-state index in [1.165, 1.54) is 0 Å². The van der Waals surface area contributed by atoms with Crippen LogP contribution in [0.1, 0.15) is 18.4 Å². The number of amides is 1.